The van der Waals surface area contributed by atoms with E-state index in [9.17, 15) is 18.0 Å². The molecule has 2 saturated heterocycles. The lowest BCUT2D eigenvalue weighted by Gasteiger charge is -2.36. The molecule has 0 bridgehead atoms. The van der Waals surface area contributed by atoms with Crippen molar-refractivity contribution in [3.05, 3.63) is 23.8 Å². The highest BCUT2D eigenvalue weighted by Crippen LogP contribution is 2.33. The number of rotatable bonds is 6. The Hall–Kier alpha value is -2.13. The predicted octanol–water partition coefficient (Wildman–Crippen LogP) is 1.94. The van der Waals surface area contributed by atoms with E-state index >= 15 is 0 Å². The molecule has 0 unspecified atom stereocenters. The van der Waals surface area contributed by atoms with Crippen LogP contribution in [0.15, 0.2) is 23.1 Å². The van der Waals surface area contributed by atoms with Crippen LogP contribution in [0.2, 0.25) is 0 Å². The predicted molar refractivity (Wildman–Crippen MR) is 117 cm³/mol. The van der Waals surface area contributed by atoms with E-state index in [1.165, 1.54) is 11.4 Å². The largest absolute Gasteiger partial charge is 0.495 e. The van der Waals surface area contributed by atoms with Crippen LogP contribution in [0.1, 0.15) is 51.0 Å². The maximum atomic E-state index is 13.3. The van der Waals surface area contributed by atoms with E-state index in [0.717, 1.165) is 5.56 Å². The molecule has 2 amide bonds. The second kappa shape index (κ2) is 9.56. The lowest BCUT2D eigenvalue weighted by Crippen LogP contribution is -2.47. The molecule has 8 nitrogen and oxygen atoms in total. The quantitative estimate of drug-likeness (QED) is 0.711. The Morgan fingerprint density at radius 1 is 1.03 bits per heavy atom. The number of sulfonamides is 1. The topological polar surface area (TPSA) is 110 Å². The van der Waals surface area contributed by atoms with Crippen LogP contribution < -0.4 is 10.5 Å². The first-order valence-electron chi connectivity index (χ1n) is 10.9. The highest BCUT2D eigenvalue weighted by atomic mass is 32.2. The van der Waals surface area contributed by atoms with Crippen molar-refractivity contribution in [3.63, 3.8) is 0 Å². The van der Waals surface area contributed by atoms with Crippen LogP contribution >= 0.6 is 0 Å². The van der Waals surface area contributed by atoms with Crippen LogP contribution in [0.5, 0.6) is 5.75 Å². The van der Waals surface area contributed by atoms with Gasteiger partial charge in [0.05, 0.1) is 7.11 Å². The number of benzene rings is 1. The van der Waals surface area contributed by atoms with Gasteiger partial charge in [-0.1, -0.05) is 19.9 Å². The second-order valence-corrected chi connectivity index (χ2v) is 10.7. The van der Waals surface area contributed by atoms with Gasteiger partial charge in [-0.05, 0) is 49.3 Å². The van der Waals surface area contributed by atoms with Gasteiger partial charge in [-0.25, -0.2) is 8.42 Å². The smallest absolute Gasteiger partial charge is 0.246 e. The molecule has 172 valence electrons. The van der Waals surface area contributed by atoms with E-state index in [1.54, 1.807) is 17.0 Å². The number of piperidine rings is 2. The van der Waals surface area contributed by atoms with Crippen molar-refractivity contribution in [3.8, 4) is 5.75 Å². The van der Waals surface area contributed by atoms with Gasteiger partial charge in [0.25, 0.3) is 0 Å². The van der Waals surface area contributed by atoms with E-state index in [2.05, 4.69) is 0 Å². The first kappa shape index (κ1) is 23.5. The van der Waals surface area contributed by atoms with Crippen LogP contribution in [0.25, 0.3) is 0 Å². The van der Waals surface area contributed by atoms with Crippen molar-refractivity contribution < 1.29 is 22.7 Å². The highest BCUT2D eigenvalue weighted by molar-refractivity contribution is 7.89. The van der Waals surface area contributed by atoms with Gasteiger partial charge in [0.2, 0.25) is 21.8 Å². The summed E-state index contributed by atoms with van der Waals surface area (Å²) in [5.41, 5.74) is 6.30. The van der Waals surface area contributed by atoms with Gasteiger partial charge in [0.15, 0.2) is 0 Å². The summed E-state index contributed by atoms with van der Waals surface area (Å²) in [6.07, 6.45) is 2.17. The minimum absolute atomic E-state index is 0.0550. The molecule has 2 heterocycles. The Bertz CT molecular complexity index is 915. The molecule has 2 N–H and O–H groups in total. The second-order valence-electron chi connectivity index (χ2n) is 8.75. The van der Waals surface area contributed by atoms with Gasteiger partial charge < -0.3 is 15.4 Å². The third kappa shape index (κ3) is 5.03. The van der Waals surface area contributed by atoms with Crippen molar-refractivity contribution in [2.24, 2.45) is 17.6 Å². The van der Waals surface area contributed by atoms with Crippen LogP contribution in [0, 0.1) is 11.8 Å². The maximum Gasteiger partial charge on any atom is 0.246 e. The fourth-order valence-corrected chi connectivity index (χ4v) is 6.04. The van der Waals surface area contributed by atoms with Gasteiger partial charge in [0, 0.05) is 38.0 Å². The number of ether oxygens (including phenoxy) is 1. The van der Waals surface area contributed by atoms with Crippen LogP contribution in [0.3, 0.4) is 0 Å². The van der Waals surface area contributed by atoms with E-state index in [1.807, 2.05) is 19.9 Å². The van der Waals surface area contributed by atoms with Gasteiger partial charge in [0.1, 0.15) is 10.6 Å². The SMILES string of the molecule is COc1ccc(C(C)C)cc1S(=O)(=O)N1CCC(C(=O)N2CCC(C(N)=O)CC2)CC1. The van der Waals surface area contributed by atoms with Crippen LogP contribution in [-0.4, -0.2) is 62.7 Å². The number of nitrogens with zero attached hydrogens (tertiary/aromatic N) is 2. The molecule has 0 atom stereocenters. The molecule has 2 aliphatic heterocycles. The lowest BCUT2D eigenvalue weighted by molar-refractivity contribution is -0.139. The third-order valence-corrected chi connectivity index (χ3v) is 8.40. The molecule has 1 aromatic rings. The minimum Gasteiger partial charge on any atom is -0.495 e. The Morgan fingerprint density at radius 2 is 1.61 bits per heavy atom. The van der Waals surface area contributed by atoms with Crippen LogP contribution in [0.4, 0.5) is 0 Å². The summed E-state index contributed by atoms with van der Waals surface area (Å²) in [6.45, 7) is 5.69. The monoisotopic (exact) mass is 451 g/mol. The molecule has 0 radical (unpaired) electrons. The van der Waals surface area contributed by atoms with E-state index in [4.69, 9.17) is 10.5 Å². The van der Waals surface area contributed by atoms with Crippen LogP contribution in [-0.2, 0) is 19.6 Å². The summed E-state index contributed by atoms with van der Waals surface area (Å²) in [4.78, 5) is 26.2. The average molecular weight is 452 g/mol. The first-order valence-corrected chi connectivity index (χ1v) is 12.3. The van der Waals surface area contributed by atoms with Gasteiger partial charge in [-0.2, -0.15) is 4.31 Å². The van der Waals surface area contributed by atoms with Gasteiger partial charge in [-0.15, -0.1) is 0 Å². The molecular weight excluding hydrogens is 418 g/mol. The number of nitrogens with two attached hydrogens (primary N) is 1. The summed E-state index contributed by atoms with van der Waals surface area (Å²) >= 11 is 0. The molecule has 3 rings (SSSR count). The number of hydrogen-bond donors (Lipinski definition) is 1. The summed E-state index contributed by atoms with van der Waals surface area (Å²) in [5.74, 6) is -0.0723. The molecule has 9 heteroatoms. The standard InChI is InChI=1S/C22H33N3O5S/c1-15(2)18-4-5-19(30-3)20(14-18)31(28,29)25-12-8-17(9-13-25)22(27)24-10-6-16(7-11-24)21(23)26/h4-5,14-17H,6-13H2,1-3H3,(H2,23,26). The number of methoxy groups -OCH3 is 1. The summed E-state index contributed by atoms with van der Waals surface area (Å²) in [7, 11) is -2.25. The summed E-state index contributed by atoms with van der Waals surface area (Å²) in [5, 5.41) is 0. The molecule has 2 fully saturated rings. The Balaban J connectivity index is 1.66. The normalized spacial score (nSPS) is 19.5. The van der Waals surface area contributed by atoms with Crippen molar-refractivity contribution in [1.29, 1.82) is 0 Å². The number of likely N-dealkylation sites (tertiary alicyclic amines) is 1. The van der Waals surface area contributed by atoms with Gasteiger partial charge in [-0.3, -0.25) is 9.59 Å². The Morgan fingerprint density at radius 3 is 2.13 bits per heavy atom. The number of hydrogen-bond acceptors (Lipinski definition) is 5. The first-order chi connectivity index (χ1) is 14.6. The molecule has 1 aromatic carbocycles. The van der Waals surface area contributed by atoms with E-state index in [0.29, 0.717) is 57.6 Å². The van der Waals surface area contributed by atoms with E-state index in [-0.39, 0.29) is 34.5 Å². The Labute approximate surface area is 184 Å². The van der Waals surface area contributed by atoms with E-state index < -0.39 is 10.0 Å². The number of carbonyl (C=O) groups is 2. The zero-order chi connectivity index (χ0) is 22.8. The fraction of sp³-hybridized carbons (Fsp3) is 0.636. The maximum absolute atomic E-state index is 13.3. The number of carbonyl (C=O) groups excluding carboxylic acids is 2. The summed E-state index contributed by atoms with van der Waals surface area (Å²) < 4.78 is 33.4. The lowest BCUT2D eigenvalue weighted by atomic mass is 9.92. The minimum atomic E-state index is -3.72. The molecule has 31 heavy (non-hydrogen) atoms. The Kier molecular flexibility index (Phi) is 7.26. The van der Waals surface area contributed by atoms with Gasteiger partial charge >= 0.3 is 0 Å². The molecule has 0 aliphatic carbocycles. The van der Waals surface area contributed by atoms with Crippen molar-refractivity contribution in [1.82, 2.24) is 9.21 Å². The number of amides is 2. The zero-order valence-corrected chi connectivity index (χ0v) is 19.4. The molecule has 0 spiro atoms. The highest BCUT2D eigenvalue weighted by Gasteiger charge is 2.36. The zero-order valence-electron chi connectivity index (χ0n) is 18.5. The average Bonchev–Trinajstić information content (AvgIpc) is 2.78. The number of primary amides is 1. The third-order valence-electron chi connectivity index (χ3n) is 6.48. The van der Waals surface area contributed by atoms with Crippen molar-refractivity contribution in [2.75, 3.05) is 33.3 Å². The molecular formula is C22H33N3O5S. The molecule has 2 aliphatic rings. The van der Waals surface area contributed by atoms with Crippen molar-refractivity contribution in [2.45, 2.75) is 50.3 Å². The summed E-state index contributed by atoms with van der Waals surface area (Å²) in [6, 6.07) is 5.28. The molecule has 0 saturated carbocycles. The fourth-order valence-electron chi connectivity index (χ4n) is 4.38. The van der Waals surface area contributed by atoms with Crippen molar-refractivity contribution >= 4 is 21.8 Å². The molecule has 0 aromatic heterocycles.